The Bertz CT molecular complexity index is 731. The first-order valence-electron chi connectivity index (χ1n) is 7.00. The Labute approximate surface area is 134 Å². The normalized spacial score (nSPS) is 11.8. The van der Waals surface area contributed by atoms with E-state index in [9.17, 15) is 4.79 Å². The smallest absolute Gasteiger partial charge is 0.265 e. The molecule has 21 heavy (non-hydrogen) atoms. The molecule has 0 saturated carbocycles. The van der Waals surface area contributed by atoms with Crippen LogP contribution in [-0.4, -0.2) is 9.97 Å². The van der Waals surface area contributed by atoms with Gasteiger partial charge in [-0.3, -0.25) is 4.79 Å². The maximum Gasteiger partial charge on any atom is 0.265 e. The summed E-state index contributed by atoms with van der Waals surface area (Å²) in [5.41, 5.74) is 4.91. The molecule has 1 aromatic carbocycles. The highest BCUT2D eigenvalue weighted by atomic mass is 79.9. The molecule has 0 unspecified atom stereocenters. The summed E-state index contributed by atoms with van der Waals surface area (Å²) in [5, 5.41) is 0. The van der Waals surface area contributed by atoms with E-state index in [4.69, 9.17) is 4.98 Å². The lowest BCUT2D eigenvalue weighted by Gasteiger charge is -2.20. The SMILES string of the molecule is Cc1cc(C)c(-c2nc(C(C)(C)C)c(Br)c(=O)[nH]2)c(C)c1. The average Bonchev–Trinajstić information content (AvgIpc) is 2.30. The van der Waals surface area contributed by atoms with Gasteiger partial charge < -0.3 is 4.98 Å². The van der Waals surface area contributed by atoms with Gasteiger partial charge in [0.15, 0.2) is 0 Å². The molecular formula is C17H21BrN2O. The molecule has 0 aliphatic heterocycles. The van der Waals surface area contributed by atoms with Gasteiger partial charge in [-0.2, -0.15) is 0 Å². The Kier molecular flexibility index (Phi) is 4.11. The second kappa shape index (κ2) is 5.41. The van der Waals surface area contributed by atoms with Gasteiger partial charge in [-0.15, -0.1) is 0 Å². The lowest BCUT2D eigenvalue weighted by atomic mass is 9.91. The fourth-order valence-electron chi connectivity index (χ4n) is 2.63. The zero-order valence-electron chi connectivity index (χ0n) is 13.4. The third kappa shape index (κ3) is 3.10. The van der Waals surface area contributed by atoms with Crippen LogP contribution < -0.4 is 5.56 Å². The van der Waals surface area contributed by atoms with Crippen LogP contribution in [0.15, 0.2) is 21.4 Å². The summed E-state index contributed by atoms with van der Waals surface area (Å²) in [6, 6.07) is 4.22. The fraction of sp³-hybridized carbons (Fsp3) is 0.412. The van der Waals surface area contributed by atoms with Gasteiger partial charge in [0.05, 0.1) is 5.69 Å². The number of H-pyrrole nitrogens is 1. The molecule has 0 radical (unpaired) electrons. The maximum absolute atomic E-state index is 12.2. The molecule has 1 heterocycles. The highest BCUT2D eigenvalue weighted by Gasteiger charge is 2.23. The number of benzene rings is 1. The molecule has 0 aliphatic rings. The summed E-state index contributed by atoms with van der Waals surface area (Å²) in [6.45, 7) is 12.3. The third-order valence-corrected chi connectivity index (χ3v) is 4.22. The minimum absolute atomic E-state index is 0.135. The Balaban J connectivity index is 2.78. The molecule has 1 aromatic heterocycles. The average molecular weight is 349 g/mol. The van der Waals surface area contributed by atoms with Crippen LogP contribution in [0.1, 0.15) is 43.2 Å². The van der Waals surface area contributed by atoms with Crippen molar-refractivity contribution in [3.8, 4) is 11.4 Å². The highest BCUT2D eigenvalue weighted by Crippen LogP contribution is 2.30. The molecule has 0 atom stereocenters. The van der Waals surface area contributed by atoms with E-state index in [2.05, 4.69) is 60.7 Å². The number of nitrogens with one attached hydrogen (secondary N) is 1. The highest BCUT2D eigenvalue weighted by molar-refractivity contribution is 9.10. The number of aromatic nitrogens is 2. The van der Waals surface area contributed by atoms with Gasteiger partial charge >= 0.3 is 0 Å². The van der Waals surface area contributed by atoms with E-state index in [1.807, 2.05) is 13.8 Å². The van der Waals surface area contributed by atoms with Gasteiger partial charge in [-0.05, 0) is 47.8 Å². The number of halogens is 1. The lowest BCUT2D eigenvalue weighted by Crippen LogP contribution is -2.22. The van der Waals surface area contributed by atoms with Gasteiger partial charge in [0.25, 0.3) is 5.56 Å². The van der Waals surface area contributed by atoms with E-state index in [-0.39, 0.29) is 11.0 Å². The zero-order valence-corrected chi connectivity index (χ0v) is 15.0. The molecule has 0 fully saturated rings. The van der Waals surface area contributed by atoms with Crippen molar-refractivity contribution < 1.29 is 0 Å². The van der Waals surface area contributed by atoms with E-state index in [0.29, 0.717) is 10.3 Å². The fourth-order valence-corrected chi connectivity index (χ4v) is 3.41. The first-order valence-corrected chi connectivity index (χ1v) is 7.79. The third-order valence-electron chi connectivity index (χ3n) is 3.49. The summed E-state index contributed by atoms with van der Waals surface area (Å²) < 4.78 is 0.515. The largest absolute Gasteiger partial charge is 0.306 e. The second-order valence-electron chi connectivity index (χ2n) is 6.60. The minimum Gasteiger partial charge on any atom is -0.306 e. The van der Waals surface area contributed by atoms with E-state index in [0.717, 1.165) is 22.4 Å². The van der Waals surface area contributed by atoms with Gasteiger partial charge in [0, 0.05) is 11.0 Å². The predicted molar refractivity (Wildman–Crippen MR) is 90.9 cm³/mol. The van der Waals surface area contributed by atoms with Crippen molar-refractivity contribution in [2.24, 2.45) is 0 Å². The Hall–Kier alpha value is -1.42. The summed E-state index contributed by atoms with van der Waals surface area (Å²) >= 11 is 3.37. The number of rotatable bonds is 1. The Morgan fingerprint density at radius 1 is 1.10 bits per heavy atom. The lowest BCUT2D eigenvalue weighted by molar-refractivity contribution is 0.562. The van der Waals surface area contributed by atoms with Crippen LogP contribution >= 0.6 is 15.9 Å². The summed E-state index contributed by atoms with van der Waals surface area (Å²) in [4.78, 5) is 19.8. The monoisotopic (exact) mass is 348 g/mol. The molecule has 0 saturated heterocycles. The predicted octanol–water partition coefficient (Wildman–Crippen LogP) is 4.42. The zero-order chi connectivity index (χ0) is 15.9. The first-order chi connectivity index (χ1) is 9.61. The van der Waals surface area contributed by atoms with Crippen LogP contribution in [0.2, 0.25) is 0 Å². The van der Waals surface area contributed by atoms with Gasteiger partial charge in [-0.1, -0.05) is 38.5 Å². The van der Waals surface area contributed by atoms with Crippen molar-refractivity contribution >= 4 is 15.9 Å². The molecule has 0 bridgehead atoms. The number of hydrogen-bond acceptors (Lipinski definition) is 2. The number of nitrogens with zero attached hydrogens (tertiary/aromatic N) is 1. The van der Waals surface area contributed by atoms with Crippen molar-refractivity contribution in [3.63, 3.8) is 0 Å². The minimum atomic E-state index is -0.200. The van der Waals surface area contributed by atoms with Crippen molar-refractivity contribution in [2.45, 2.75) is 47.0 Å². The number of aromatic amines is 1. The van der Waals surface area contributed by atoms with Crippen molar-refractivity contribution in [3.05, 3.63) is 49.3 Å². The van der Waals surface area contributed by atoms with E-state index < -0.39 is 0 Å². The quantitative estimate of drug-likeness (QED) is 0.828. The van der Waals surface area contributed by atoms with Crippen molar-refractivity contribution in [2.75, 3.05) is 0 Å². The first kappa shape index (κ1) is 16.0. The maximum atomic E-state index is 12.2. The van der Waals surface area contributed by atoms with Gasteiger partial charge in [0.1, 0.15) is 10.3 Å². The Morgan fingerprint density at radius 3 is 2.10 bits per heavy atom. The van der Waals surface area contributed by atoms with Crippen molar-refractivity contribution in [1.29, 1.82) is 0 Å². The van der Waals surface area contributed by atoms with Crippen molar-refractivity contribution in [1.82, 2.24) is 9.97 Å². The van der Waals surface area contributed by atoms with Crippen LogP contribution in [-0.2, 0) is 5.41 Å². The second-order valence-corrected chi connectivity index (χ2v) is 7.39. The van der Waals surface area contributed by atoms with E-state index in [1.165, 1.54) is 5.56 Å². The van der Waals surface area contributed by atoms with Crippen LogP contribution in [0.5, 0.6) is 0 Å². The molecule has 2 aromatic rings. The number of aryl methyl sites for hydroxylation is 3. The van der Waals surface area contributed by atoms with Crippen LogP contribution in [0.4, 0.5) is 0 Å². The summed E-state index contributed by atoms with van der Waals surface area (Å²) in [6.07, 6.45) is 0. The van der Waals surface area contributed by atoms with Crippen LogP contribution in [0.25, 0.3) is 11.4 Å². The molecule has 2 rings (SSSR count). The van der Waals surface area contributed by atoms with Crippen LogP contribution in [0, 0.1) is 20.8 Å². The molecule has 4 heteroatoms. The summed E-state index contributed by atoms with van der Waals surface area (Å²) in [7, 11) is 0. The van der Waals surface area contributed by atoms with Gasteiger partial charge in [-0.25, -0.2) is 4.98 Å². The molecular weight excluding hydrogens is 328 g/mol. The topological polar surface area (TPSA) is 45.8 Å². The van der Waals surface area contributed by atoms with E-state index >= 15 is 0 Å². The summed E-state index contributed by atoms with van der Waals surface area (Å²) in [5.74, 6) is 0.642. The molecule has 3 nitrogen and oxygen atoms in total. The molecule has 112 valence electrons. The van der Waals surface area contributed by atoms with E-state index in [1.54, 1.807) is 0 Å². The number of hydrogen-bond donors (Lipinski definition) is 1. The Morgan fingerprint density at radius 2 is 1.62 bits per heavy atom. The molecule has 1 N–H and O–H groups in total. The van der Waals surface area contributed by atoms with Gasteiger partial charge in [0.2, 0.25) is 0 Å². The standard InChI is InChI=1S/C17H21BrN2O/c1-9-7-10(2)12(11(3)8-9)15-19-14(17(4,5)6)13(18)16(21)20-15/h7-8H,1-6H3,(H,19,20,21). The van der Waals surface area contributed by atoms with Crippen LogP contribution in [0.3, 0.4) is 0 Å². The molecule has 0 amide bonds. The molecule has 0 aliphatic carbocycles. The molecule has 0 spiro atoms.